The summed E-state index contributed by atoms with van der Waals surface area (Å²) in [5.41, 5.74) is 0.926. The molecule has 1 aromatic heterocycles. The molecule has 2 aromatic rings. The Hall–Kier alpha value is -2.34. The van der Waals surface area contributed by atoms with Crippen molar-refractivity contribution in [1.29, 1.82) is 0 Å². The number of rotatable bonds is 3. The Labute approximate surface area is 150 Å². The fraction of sp³-hybridized carbons (Fsp3) is 0.316. The fourth-order valence-corrected chi connectivity index (χ4v) is 4.16. The van der Waals surface area contributed by atoms with Crippen molar-refractivity contribution < 1.29 is 18.7 Å². The number of fused-ring (bicyclic) bond motifs is 1. The van der Waals surface area contributed by atoms with Gasteiger partial charge < -0.3 is 18.8 Å². The van der Waals surface area contributed by atoms with Crippen LogP contribution < -0.4 is 9.47 Å². The van der Waals surface area contributed by atoms with Gasteiger partial charge in [0.1, 0.15) is 5.76 Å². The lowest BCUT2D eigenvalue weighted by atomic mass is 10.2. The molecule has 0 spiro atoms. The molecule has 5 nitrogen and oxygen atoms in total. The zero-order valence-electron chi connectivity index (χ0n) is 13.7. The minimum absolute atomic E-state index is 0.0401. The summed E-state index contributed by atoms with van der Waals surface area (Å²) in [5.74, 6) is 3.42. The van der Waals surface area contributed by atoms with E-state index in [1.54, 1.807) is 12.3 Å². The number of nitrogens with zero attached hydrogens (tertiary/aromatic N) is 1. The SMILES string of the molecule is O=C(/C=C/c1ccc2c(c1)OCO2)N1CCSC(c2ccco2)CC1. The van der Waals surface area contributed by atoms with Gasteiger partial charge in [0.05, 0.1) is 11.5 Å². The molecular weight excluding hydrogens is 338 g/mol. The third-order valence-electron chi connectivity index (χ3n) is 4.33. The minimum atomic E-state index is 0.0401. The molecule has 0 radical (unpaired) electrons. The van der Waals surface area contributed by atoms with Crippen LogP contribution in [-0.2, 0) is 4.79 Å². The number of carbonyl (C=O) groups is 1. The van der Waals surface area contributed by atoms with Crippen LogP contribution in [0.1, 0.15) is 23.0 Å². The second-order valence-corrected chi connectivity index (χ2v) is 7.25. The Balaban J connectivity index is 1.37. The molecule has 0 N–H and O–H groups in total. The van der Waals surface area contributed by atoms with Gasteiger partial charge in [0, 0.05) is 24.9 Å². The predicted molar refractivity (Wildman–Crippen MR) is 96.7 cm³/mol. The highest BCUT2D eigenvalue weighted by Crippen LogP contribution is 2.35. The molecule has 0 aliphatic carbocycles. The summed E-state index contributed by atoms with van der Waals surface area (Å²) < 4.78 is 16.2. The topological polar surface area (TPSA) is 51.9 Å². The quantitative estimate of drug-likeness (QED) is 0.784. The van der Waals surface area contributed by atoms with Crippen LogP contribution >= 0.6 is 11.8 Å². The normalized spacial score (nSPS) is 20.0. The maximum Gasteiger partial charge on any atom is 0.246 e. The molecule has 2 aliphatic heterocycles. The molecule has 25 heavy (non-hydrogen) atoms. The monoisotopic (exact) mass is 357 g/mol. The first kappa shape index (κ1) is 16.1. The molecule has 1 saturated heterocycles. The second-order valence-electron chi connectivity index (χ2n) is 5.93. The highest BCUT2D eigenvalue weighted by atomic mass is 32.2. The molecule has 3 heterocycles. The summed E-state index contributed by atoms with van der Waals surface area (Å²) in [6.07, 6.45) is 6.07. The first-order valence-corrected chi connectivity index (χ1v) is 9.36. The van der Waals surface area contributed by atoms with E-state index >= 15 is 0 Å². The smallest absolute Gasteiger partial charge is 0.246 e. The van der Waals surface area contributed by atoms with E-state index in [0.29, 0.717) is 5.25 Å². The van der Waals surface area contributed by atoms with Crippen LogP contribution in [0, 0.1) is 0 Å². The average Bonchev–Trinajstić information content (AvgIpc) is 3.27. The van der Waals surface area contributed by atoms with Crippen LogP contribution in [0.3, 0.4) is 0 Å². The lowest BCUT2D eigenvalue weighted by Gasteiger charge is -2.18. The van der Waals surface area contributed by atoms with Gasteiger partial charge in [-0.05, 0) is 42.3 Å². The summed E-state index contributed by atoms with van der Waals surface area (Å²) >= 11 is 1.85. The van der Waals surface area contributed by atoms with Gasteiger partial charge in [0.25, 0.3) is 0 Å². The molecule has 0 bridgehead atoms. The molecule has 1 atom stereocenters. The third-order valence-corrected chi connectivity index (χ3v) is 5.62. The fourth-order valence-electron chi connectivity index (χ4n) is 2.98. The average molecular weight is 357 g/mol. The maximum absolute atomic E-state index is 12.5. The summed E-state index contributed by atoms with van der Waals surface area (Å²) in [5, 5.41) is 0.325. The predicted octanol–water partition coefficient (Wildman–Crippen LogP) is 3.73. The van der Waals surface area contributed by atoms with Crippen molar-refractivity contribution >= 4 is 23.7 Å². The Morgan fingerprint density at radius 3 is 3.00 bits per heavy atom. The molecule has 4 rings (SSSR count). The van der Waals surface area contributed by atoms with Crippen molar-refractivity contribution in [2.75, 3.05) is 25.6 Å². The van der Waals surface area contributed by atoms with Gasteiger partial charge in [-0.15, -0.1) is 11.8 Å². The zero-order chi connectivity index (χ0) is 17.1. The van der Waals surface area contributed by atoms with E-state index in [2.05, 4.69) is 0 Å². The first-order valence-electron chi connectivity index (χ1n) is 8.31. The van der Waals surface area contributed by atoms with Crippen molar-refractivity contribution in [2.45, 2.75) is 11.7 Å². The summed E-state index contributed by atoms with van der Waals surface area (Å²) in [4.78, 5) is 14.4. The lowest BCUT2D eigenvalue weighted by molar-refractivity contribution is -0.125. The van der Waals surface area contributed by atoms with Gasteiger partial charge in [-0.3, -0.25) is 4.79 Å². The first-order chi connectivity index (χ1) is 12.3. The molecule has 0 saturated carbocycles. The summed E-state index contributed by atoms with van der Waals surface area (Å²) in [6, 6.07) is 9.59. The van der Waals surface area contributed by atoms with Gasteiger partial charge >= 0.3 is 0 Å². The number of hydrogen-bond donors (Lipinski definition) is 0. The molecule has 2 aliphatic rings. The Kier molecular flexibility index (Phi) is 4.70. The van der Waals surface area contributed by atoms with Crippen LogP contribution in [-0.4, -0.2) is 36.4 Å². The van der Waals surface area contributed by atoms with Gasteiger partial charge in [-0.1, -0.05) is 6.07 Å². The van der Waals surface area contributed by atoms with E-state index in [1.807, 2.05) is 53.1 Å². The van der Waals surface area contributed by atoms with Crippen molar-refractivity contribution in [1.82, 2.24) is 4.90 Å². The van der Waals surface area contributed by atoms with Crippen LogP contribution in [0.25, 0.3) is 6.08 Å². The van der Waals surface area contributed by atoms with Gasteiger partial charge in [0.15, 0.2) is 11.5 Å². The Bertz CT molecular complexity index is 772. The van der Waals surface area contributed by atoms with E-state index < -0.39 is 0 Å². The standard InChI is InChI=1S/C19H19NO4S/c21-19(6-4-14-3-5-15-17(12-14)24-13-23-15)20-8-7-18(25-11-9-20)16-2-1-10-22-16/h1-6,10,12,18H,7-9,11,13H2/b6-4+. The number of benzene rings is 1. The van der Waals surface area contributed by atoms with Crippen molar-refractivity contribution in [3.05, 3.63) is 54.0 Å². The third kappa shape index (κ3) is 3.69. The van der Waals surface area contributed by atoms with Gasteiger partial charge in [-0.2, -0.15) is 0 Å². The Morgan fingerprint density at radius 2 is 2.12 bits per heavy atom. The van der Waals surface area contributed by atoms with Crippen molar-refractivity contribution in [2.24, 2.45) is 0 Å². The summed E-state index contributed by atoms with van der Waals surface area (Å²) in [6.45, 7) is 1.75. The van der Waals surface area contributed by atoms with Crippen molar-refractivity contribution in [3.8, 4) is 11.5 Å². The molecule has 130 valence electrons. The number of thioether (sulfide) groups is 1. The van der Waals surface area contributed by atoms with Crippen LogP contribution in [0.5, 0.6) is 11.5 Å². The summed E-state index contributed by atoms with van der Waals surface area (Å²) in [7, 11) is 0. The van der Waals surface area contributed by atoms with Crippen LogP contribution in [0.4, 0.5) is 0 Å². The van der Waals surface area contributed by atoms with E-state index in [1.165, 1.54) is 0 Å². The van der Waals surface area contributed by atoms with E-state index in [9.17, 15) is 4.79 Å². The highest BCUT2D eigenvalue weighted by molar-refractivity contribution is 7.99. The number of hydrogen-bond acceptors (Lipinski definition) is 5. The Morgan fingerprint density at radius 1 is 1.20 bits per heavy atom. The minimum Gasteiger partial charge on any atom is -0.468 e. The van der Waals surface area contributed by atoms with Crippen molar-refractivity contribution in [3.63, 3.8) is 0 Å². The van der Waals surface area contributed by atoms with E-state index in [4.69, 9.17) is 13.9 Å². The number of furan rings is 1. The molecule has 6 heteroatoms. The zero-order valence-corrected chi connectivity index (χ0v) is 14.5. The highest BCUT2D eigenvalue weighted by Gasteiger charge is 2.22. The molecule has 1 aromatic carbocycles. The van der Waals surface area contributed by atoms with Crippen LogP contribution in [0.2, 0.25) is 0 Å². The molecule has 1 unspecified atom stereocenters. The van der Waals surface area contributed by atoms with E-state index in [-0.39, 0.29) is 12.7 Å². The maximum atomic E-state index is 12.5. The largest absolute Gasteiger partial charge is 0.468 e. The number of amides is 1. The molecular formula is C19H19NO4S. The van der Waals surface area contributed by atoms with Gasteiger partial charge in [-0.25, -0.2) is 0 Å². The number of ether oxygens (including phenoxy) is 2. The number of carbonyl (C=O) groups excluding carboxylic acids is 1. The molecule has 1 amide bonds. The van der Waals surface area contributed by atoms with Gasteiger partial charge in [0.2, 0.25) is 12.7 Å². The lowest BCUT2D eigenvalue weighted by Crippen LogP contribution is -2.31. The second kappa shape index (κ2) is 7.27. The molecule has 1 fully saturated rings. The van der Waals surface area contributed by atoms with Crippen LogP contribution in [0.15, 0.2) is 47.1 Å². The van der Waals surface area contributed by atoms with E-state index in [0.717, 1.165) is 48.1 Å².